The first-order chi connectivity index (χ1) is 8.27. The van der Waals surface area contributed by atoms with Gasteiger partial charge in [0.15, 0.2) is 0 Å². The van der Waals surface area contributed by atoms with Gasteiger partial charge in [-0.1, -0.05) is 6.92 Å². The number of methoxy groups -OCH3 is 1. The van der Waals surface area contributed by atoms with Crippen molar-refractivity contribution in [3.05, 3.63) is 24.3 Å². The molecule has 1 rings (SSSR count). The van der Waals surface area contributed by atoms with Crippen LogP contribution >= 0.6 is 0 Å². The molecule has 0 aliphatic carbocycles. The number of rotatable bonds is 8. The van der Waals surface area contributed by atoms with Crippen LogP contribution in [-0.4, -0.2) is 29.7 Å². The van der Waals surface area contributed by atoms with Crippen LogP contribution in [0.2, 0.25) is 0 Å². The first kappa shape index (κ1) is 14.1. The Morgan fingerprint density at radius 1 is 1.35 bits per heavy atom. The van der Waals surface area contributed by atoms with Crippen LogP contribution in [0.15, 0.2) is 18.6 Å². The standard InChI is InChI=1S/C13H23N3O/c1-4-7-15-12(6-5-11(2)17-3)13-10-14-8-9-16-13/h8-12,15H,4-7H2,1-3H3. The first-order valence-corrected chi connectivity index (χ1v) is 6.30. The maximum absolute atomic E-state index is 5.28. The lowest BCUT2D eigenvalue weighted by molar-refractivity contribution is 0.106. The average Bonchev–Trinajstić information content (AvgIpc) is 2.39. The van der Waals surface area contributed by atoms with Gasteiger partial charge in [0.2, 0.25) is 0 Å². The van der Waals surface area contributed by atoms with E-state index < -0.39 is 0 Å². The molecular formula is C13H23N3O. The van der Waals surface area contributed by atoms with Gasteiger partial charge in [-0.3, -0.25) is 9.97 Å². The van der Waals surface area contributed by atoms with Gasteiger partial charge in [0, 0.05) is 25.7 Å². The fourth-order valence-electron chi connectivity index (χ4n) is 1.68. The number of aromatic nitrogens is 2. The average molecular weight is 237 g/mol. The highest BCUT2D eigenvalue weighted by molar-refractivity contribution is 5.02. The molecule has 1 aromatic rings. The predicted molar refractivity (Wildman–Crippen MR) is 68.8 cm³/mol. The molecule has 0 saturated carbocycles. The van der Waals surface area contributed by atoms with Gasteiger partial charge in [-0.05, 0) is 32.7 Å². The molecule has 2 atom stereocenters. The summed E-state index contributed by atoms with van der Waals surface area (Å²) in [6, 6.07) is 0.279. The van der Waals surface area contributed by atoms with Crippen molar-refractivity contribution in [1.82, 2.24) is 15.3 Å². The minimum atomic E-state index is 0.279. The summed E-state index contributed by atoms with van der Waals surface area (Å²) < 4.78 is 5.28. The van der Waals surface area contributed by atoms with Gasteiger partial charge >= 0.3 is 0 Å². The van der Waals surface area contributed by atoms with E-state index in [2.05, 4.69) is 29.1 Å². The molecule has 0 bridgehead atoms. The molecule has 0 aliphatic rings. The summed E-state index contributed by atoms with van der Waals surface area (Å²) in [5, 5.41) is 3.51. The molecule has 0 radical (unpaired) electrons. The Balaban J connectivity index is 2.54. The van der Waals surface area contributed by atoms with E-state index in [0.29, 0.717) is 0 Å². The van der Waals surface area contributed by atoms with Crippen molar-refractivity contribution in [3.63, 3.8) is 0 Å². The van der Waals surface area contributed by atoms with E-state index in [-0.39, 0.29) is 12.1 Å². The second-order valence-corrected chi connectivity index (χ2v) is 4.26. The van der Waals surface area contributed by atoms with Crippen molar-refractivity contribution in [2.24, 2.45) is 0 Å². The van der Waals surface area contributed by atoms with Gasteiger partial charge < -0.3 is 10.1 Å². The lowest BCUT2D eigenvalue weighted by Crippen LogP contribution is -2.24. The molecule has 0 aliphatic heterocycles. The molecule has 4 heteroatoms. The minimum absolute atomic E-state index is 0.279. The van der Waals surface area contributed by atoms with Gasteiger partial charge in [0.1, 0.15) is 0 Å². The highest BCUT2D eigenvalue weighted by Crippen LogP contribution is 2.17. The van der Waals surface area contributed by atoms with E-state index in [1.807, 2.05) is 6.20 Å². The Morgan fingerprint density at radius 2 is 2.18 bits per heavy atom. The lowest BCUT2D eigenvalue weighted by atomic mass is 10.1. The molecule has 0 amide bonds. The zero-order chi connectivity index (χ0) is 12.5. The van der Waals surface area contributed by atoms with Gasteiger partial charge in [0.05, 0.1) is 17.8 Å². The molecule has 1 heterocycles. The molecule has 4 nitrogen and oxygen atoms in total. The van der Waals surface area contributed by atoms with E-state index >= 15 is 0 Å². The molecule has 0 fully saturated rings. The summed E-state index contributed by atoms with van der Waals surface area (Å²) >= 11 is 0. The SMILES string of the molecule is CCCNC(CCC(C)OC)c1cnccn1. The summed E-state index contributed by atoms with van der Waals surface area (Å²) in [6.07, 6.45) is 8.75. The third kappa shape index (κ3) is 5.24. The number of ether oxygens (including phenoxy) is 1. The van der Waals surface area contributed by atoms with Crippen molar-refractivity contribution in [3.8, 4) is 0 Å². The van der Waals surface area contributed by atoms with Crippen molar-refractivity contribution < 1.29 is 4.74 Å². The third-order valence-corrected chi connectivity index (χ3v) is 2.85. The fraction of sp³-hybridized carbons (Fsp3) is 0.692. The van der Waals surface area contributed by atoms with E-state index in [9.17, 15) is 0 Å². The number of hydrogen-bond acceptors (Lipinski definition) is 4. The second-order valence-electron chi connectivity index (χ2n) is 4.26. The van der Waals surface area contributed by atoms with Crippen LogP contribution in [0.1, 0.15) is 44.8 Å². The topological polar surface area (TPSA) is 47.0 Å². The highest BCUT2D eigenvalue weighted by atomic mass is 16.5. The monoisotopic (exact) mass is 237 g/mol. The quantitative estimate of drug-likeness (QED) is 0.754. The smallest absolute Gasteiger partial charge is 0.0756 e. The van der Waals surface area contributed by atoms with Gasteiger partial charge in [0.25, 0.3) is 0 Å². The molecule has 1 aromatic heterocycles. The maximum atomic E-state index is 5.28. The van der Waals surface area contributed by atoms with Gasteiger partial charge in [-0.2, -0.15) is 0 Å². The van der Waals surface area contributed by atoms with Crippen molar-refractivity contribution in [2.75, 3.05) is 13.7 Å². The molecule has 2 unspecified atom stereocenters. The Hall–Kier alpha value is -1.00. The van der Waals surface area contributed by atoms with Crippen molar-refractivity contribution in [1.29, 1.82) is 0 Å². The van der Waals surface area contributed by atoms with Crippen molar-refractivity contribution in [2.45, 2.75) is 45.3 Å². The van der Waals surface area contributed by atoms with E-state index in [4.69, 9.17) is 4.74 Å². The molecule has 17 heavy (non-hydrogen) atoms. The summed E-state index contributed by atoms with van der Waals surface area (Å²) in [5.74, 6) is 0. The normalized spacial score (nSPS) is 14.5. The van der Waals surface area contributed by atoms with Gasteiger partial charge in [-0.25, -0.2) is 0 Å². The number of nitrogens with one attached hydrogen (secondary N) is 1. The largest absolute Gasteiger partial charge is 0.382 e. The first-order valence-electron chi connectivity index (χ1n) is 6.30. The zero-order valence-corrected chi connectivity index (χ0v) is 11.0. The Bertz CT molecular complexity index is 292. The van der Waals surface area contributed by atoms with Crippen LogP contribution in [0.3, 0.4) is 0 Å². The van der Waals surface area contributed by atoms with Crippen LogP contribution in [0, 0.1) is 0 Å². The number of nitrogens with zero attached hydrogens (tertiary/aromatic N) is 2. The van der Waals surface area contributed by atoms with Crippen LogP contribution in [0.25, 0.3) is 0 Å². The Kier molecular flexibility index (Phi) is 6.74. The van der Waals surface area contributed by atoms with Crippen LogP contribution < -0.4 is 5.32 Å². The van der Waals surface area contributed by atoms with Crippen molar-refractivity contribution >= 4 is 0 Å². The van der Waals surface area contributed by atoms with E-state index in [1.54, 1.807) is 19.5 Å². The van der Waals surface area contributed by atoms with E-state index in [0.717, 1.165) is 31.5 Å². The summed E-state index contributed by atoms with van der Waals surface area (Å²) in [5.41, 5.74) is 1.02. The Labute approximate surface area is 104 Å². The summed E-state index contributed by atoms with van der Waals surface area (Å²) in [6.45, 7) is 5.26. The maximum Gasteiger partial charge on any atom is 0.0756 e. The molecule has 1 N–H and O–H groups in total. The number of hydrogen-bond donors (Lipinski definition) is 1. The lowest BCUT2D eigenvalue weighted by Gasteiger charge is -2.19. The highest BCUT2D eigenvalue weighted by Gasteiger charge is 2.13. The molecule has 0 spiro atoms. The van der Waals surface area contributed by atoms with E-state index in [1.165, 1.54) is 0 Å². The van der Waals surface area contributed by atoms with Gasteiger partial charge in [-0.15, -0.1) is 0 Å². The second kappa shape index (κ2) is 8.14. The minimum Gasteiger partial charge on any atom is -0.382 e. The third-order valence-electron chi connectivity index (χ3n) is 2.85. The summed E-state index contributed by atoms with van der Waals surface area (Å²) in [7, 11) is 1.75. The molecular weight excluding hydrogens is 214 g/mol. The van der Waals surface area contributed by atoms with Crippen LogP contribution in [-0.2, 0) is 4.74 Å². The van der Waals surface area contributed by atoms with Crippen LogP contribution in [0.4, 0.5) is 0 Å². The predicted octanol–water partition coefficient (Wildman–Crippen LogP) is 2.33. The molecule has 0 aromatic carbocycles. The zero-order valence-electron chi connectivity index (χ0n) is 11.0. The molecule has 0 saturated heterocycles. The van der Waals surface area contributed by atoms with Crippen LogP contribution in [0.5, 0.6) is 0 Å². The Morgan fingerprint density at radius 3 is 2.76 bits per heavy atom. The summed E-state index contributed by atoms with van der Waals surface area (Å²) in [4.78, 5) is 8.50. The molecule has 96 valence electrons. The fourth-order valence-corrected chi connectivity index (χ4v) is 1.68.